The van der Waals surface area contributed by atoms with Gasteiger partial charge in [0.15, 0.2) is 0 Å². The van der Waals surface area contributed by atoms with Gasteiger partial charge in [0.1, 0.15) is 5.82 Å². The standard InChI is InChI=1S/C20H25FN2O/c1-14-12-17(7-10-19(14)21)13-15(2)23-11-3-4-16-5-8-18(9-6-16)20(22)24/h5-10,12,15,23H,3-4,11,13H2,1-2H3,(H2,22,24). The monoisotopic (exact) mass is 328 g/mol. The lowest BCUT2D eigenvalue weighted by molar-refractivity contribution is 0.100. The number of nitrogens with two attached hydrogens (primary N) is 1. The fourth-order valence-electron chi connectivity index (χ4n) is 2.74. The molecule has 0 bridgehead atoms. The molecule has 2 aromatic carbocycles. The van der Waals surface area contributed by atoms with E-state index in [2.05, 4.69) is 12.2 Å². The summed E-state index contributed by atoms with van der Waals surface area (Å²) in [7, 11) is 0. The third kappa shape index (κ3) is 5.46. The van der Waals surface area contributed by atoms with E-state index in [1.165, 1.54) is 11.6 Å². The summed E-state index contributed by atoms with van der Waals surface area (Å²) >= 11 is 0. The van der Waals surface area contributed by atoms with Crippen molar-refractivity contribution in [3.05, 3.63) is 70.5 Å². The number of nitrogens with one attached hydrogen (secondary N) is 1. The van der Waals surface area contributed by atoms with Crippen molar-refractivity contribution in [3.8, 4) is 0 Å². The summed E-state index contributed by atoms with van der Waals surface area (Å²) in [5.74, 6) is -0.546. The first-order chi connectivity index (χ1) is 11.5. The number of benzene rings is 2. The van der Waals surface area contributed by atoms with E-state index in [1.54, 1.807) is 19.1 Å². The Balaban J connectivity index is 1.71. The van der Waals surface area contributed by atoms with Crippen molar-refractivity contribution < 1.29 is 9.18 Å². The summed E-state index contributed by atoms with van der Waals surface area (Å²) < 4.78 is 13.3. The minimum absolute atomic E-state index is 0.151. The highest BCUT2D eigenvalue weighted by Gasteiger charge is 2.05. The summed E-state index contributed by atoms with van der Waals surface area (Å²) in [4.78, 5) is 11.0. The summed E-state index contributed by atoms with van der Waals surface area (Å²) in [6.07, 6.45) is 2.85. The second-order valence-electron chi connectivity index (χ2n) is 6.31. The molecule has 128 valence electrons. The zero-order valence-electron chi connectivity index (χ0n) is 14.3. The van der Waals surface area contributed by atoms with Crippen molar-refractivity contribution >= 4 is 5.91 Å². The van der Waals surface area contributed by atoms with Crippen LogP contribution in [0.2, 0.25) is 0 Å². The fraction of sp³-hybridized carbons (Fsp3) is 0.350. The van der Waals surface area contributed by atoms with E-state index in [-0.39, 0.29) is 5.82 Å². The Morgan fingerprint density at radius 3 is 2.46 bits per heavy atom. The Kier molecular flexibility index (Phi) is 6.50. The van der Waals surface area contributed by atoms with Crippen LogP contribution in [0.25, 0.3) is 0 Å². The van der Waals surface area contributed by atoms with Gasteiger partial charge in [-0.1, -0.05) is 24.3 Å². The van der Waals surface area contributed by atoms with Crippen molar-refractivity contribution in [2.24, 2.45) is 5.73 Å². The number of hydrogen-bond acceptors (Lipinski definition) is 2. The van der Waals surface area contributed by atoms with Crippen LogP contribution in [0.3, 0.4) is 0 Å². The van der Waals surface area contributed by atoms with E-state index < -0.39 is 5.91 Å². The molecule has 0 fully saturated rings. The normalized spacial score (nSPS) is 12.1. The molecule has 0 spiro atoms. The van der Waals surface area contributed by atoms with Crippen molar-refractivity contribution in [2.75, 3.05) is 6.54 Å². The molecular weight excluding hydrogens is 303 g/mol. The highest BCUT2D eigenvalue weighted by atomic mass is 19.1. The van der Waals surface area contributed by atoms with Gasteiger partial charge in [0, 0.05) is 11.6 Å². The largest absolute Gasteiger partial charge is 0.366 e. The summed E-state index contributed by atoms with van der Waals surface area (Å²) in [5, 5.41) is 3.50. The molecule has 0 aliphatic rings. The number of rotatable bonds is 8. The van der Waals surface area contributed by atoms with Gasteiger partial charge >= 0.3 is 0 Å². The molecule has 4 heteroatoms. The molecule has 0 aromatic heterocycles. The lowest BCUT2D eigenvalue weighted by atomic mass is 10.0. The van der Waals surface area contributed by atoms with Crippen LogP contribution < -0.4 is 11.1 Å². The molecule has 2 aromatic rings. The average Bonchev–Trinajstić information content (AvgIpc) is 2.55. The Labute approximate surface area is 143 Å². The predicted molar refractivity (Wildman–Crippen MR) is 95.6 cm³/mol. The lowest BCUT2D eigenvalue weighted by Gasteiger charge is -2.14. The molecule has 0 heterocycles. The van der Waals surface area contributed by atoms with Crippen molar-refractivity contribution in [2.45, 2.75) is 39.2 Å². The first-order valence-corrected chi connectivity index (χ1v) is 8.33. The molecular formula is C20H25FN2O. The van der Waals surface area contributed by atoms with Crippen LogP contribution in [-0.2, 0) is 12.8 Å². The van der Waals surface area contributed by atoms with Gasteiger partial charge in [0.25, 0.3) is 0 Å². The SMILES string of the molecule is Cc1cc(CC(C)NCCCc2ccc(C(N)=O)cc2)ccc1F. The van der Waals surface area contributed by atoms with E-state index in [9.17, 15) is 9.18 Å². The highest BCUT2D eigenvalue weighted by Crippen LogP contribution is 2.11. The van der Waals surface area contributed by atoms with E-state index >= 15 is 0 Å². The molecule has 1 atom stereocenters. The third-order valence-electron chi connectivity index (χ3n) is 4.14. The summed E-state index contributed by atoms with van der Waals surface area (Å²) in [6.45, 7) is 4.85. The smallest absolute Gasteiger partial charge is 0.248 e. The van der Waals surface area contributed by atoms with Crippen molar-refractivity contribution in [1.82, 2.24) is 5.32 Å². The molecule has 0 saturated carbocycles. The van der Waals surface area contributed by atoms with E-state index in [0.29, 0.717) is 17.2 Å². The number of carbonyl (C=O) groups is 1. The fourth-order valence-corrected chi connectivity index (χ4v) is 2.74. The number of amides is 1. The number of carbonyl (C=O) groups excluding carboxylic acids is 1. The van der Waals surface area contributed by atoms with Crippen LogP contribution in [0.5, 0.6) is 0 Å². The second-order valence-corrected chi connectivity index (χ2v) is 6.31. The maximum absolute atomic E-state index is 13.3. The van der Waals surface area contributed by atoms with E-state index in [0.717, 1.165) is 31.4 Å². The van der Waals surface area contributed by atoms with Crippen LogP contribution in [-0.4, -0.2) is 18.5 Å². The zero-order chi connectivity index (χ0) is 17.5. The molecule has 0 aliphatic carbocycles. The third-order valence-corrected chi connectivity index (χ3v) is 4.14. The molecule has 24 heavy (non-hydrogen) atoms. The van der Waals surface area contributed by atoms with Crippen molar-refractivity contribution in [3.63, 3.8) is 0 Å². The Morgan fingerprint density at radius 2 is 1.83 bits per heavy atom. The van der Waals surface area contributed by atoms with Crippen LogP contribution in [0.15, 0.2) is 42.5 Å². The Bertz CT molecular complexity index is 683. The van der Waals surface area contributed by atoms with Crippen LogP contribution in [0, 0.1) is 12.7 Å². The maximum Gasteiger partial charge on any atom is 0.248 e. The van der Waals surface area contributed by atoms with Gasteiger partial charge in [-0.2, -0.15) is 0 Å². The van der Waals surface area contributed by atoms with E-state index in [4.69, 9.17) is 5.73 Å². The van der Waals surface area contributed by atoms with Crippen molar-refractivity contribution in [1.29, 1.82) is 0 Å². The van der Waals surface area contributed by atoms with Gasteiger partial charge in [-0.3, -0.25) is 4.79 Å². The summed E-state index contributed by atoms with van der Waals surface area (Å²) in [6, 6.07) is 13.1. The van der Waals surface area contributed by atoms with E-state index in [1.807, 2.05) is 24.3 Å². The van der Waals surface area contributed by atoms with Crippen LogP contribution in [0.1, 0.15) is 40.4 Å². The number of hydrogen-bond donors (Lipinski definition) is 2. The molecule has 1 unspecified atom stereocenters. The quantitative estimate of drug-likeness (QED) is 0.730. The molecule has 0 aliphatic heterocycles. The number of primary amides is 1. The molecule has 0 radical (unpaired) electrons. The first-order valence-electron chi connectivity index (χ1n) is 8.33. The minimum Gasteiger partial charge on any atom is -0.366 e. The first kappa shape index (κ1) is 18.1. The molecule has 1 amide bonds. The van der Waals surface area contributed by atoms with Gasteiger partial charge < -0.3 is 11.1 Å². The molecule has 3 N–H and O–H groups in total. The summed E-state index contributed by atoms with van der Waals surface area (Å²) in [5.41, 5.74) is 8.81. The molecule has 3 nitrogen and oxygen atoms in total. The molecule has 2 rings (SSSR count). The van der Waals surface area contributed by atoms with Gasteiger partial charge in [-0.05, 0) is 74.5 Å². The predicted octanol–water partition coefficient (Wildman–Crippen LogP) is 3.39. The minimum atomic E-state index is -0.395. The van der Waals surface area contributed by atoms with Gasteiger partial charge in [-0.15, -0.1) is 0 Å². The van der Waals surface area contributed by atoms with Gasteiger partial charge in [-0.25, -0.2) is 4.39 Å². The molecule has 0 saturated heterocycles. The lowest BCUT2D eigenvalue weighted by Crippen LogP contribution is -2.29. The van der Waals surface area contributed by atoms with Gasteiger partial charge in [0.05, 0.1) is 0 Å². The van der Waals surface area contributed by atoms with Crippen LogP contribution in [0.4, 0.5) is 4.39 Å². The number of aryl methyl sites for hydroxylation is 2. The zero-order valence-corrected chi connectivity index (χ0v) is 14.3. The Hall–Kier alpha value is -2.20. The topological polar surface area (TPSA) is 55.1 Å². The highest BCUT2D eigenvalue weighted by molar-refractivity contribution is 5.92. The average molecular weight is 328 g/mol. The Morgan fingerprint density at radius 1 is 1.17 bits per heavy atom. The van der Waals surface area contributed by atoms with Gasteiger partial charge in [0.2, 0.25) is 5.91 Å². The second kappa shape index (κ2) is 8.60. The maximum atomic E-state index is 13.3. The number of halogens is 1. The van der Waals surface area contributed by atoms with Crippen LogP contribution >= 0.6 is 0 Å².